The summed E-state index contributed by atoms with van der Waals surface area (Å²) in [5, 5.41) is 4.26. The molecule has 1 aliphatic carbocycles. The third-order valence-corrected chi connectivity index (χ3v) is 8.50. The number of esters is 1. The van der Waals surface area contributed by atoms with Gasteiger partial charge >= 0.3 is 5.97 Å². The van der Waals surface area contributed by atoms with Gasteiger partial charge in [-0.25, -0.2) is 4.79 Å². The molecule has 1 amide bonds. The van der Waals surface area contributed by atoms with E-state index in [9.17, 15) is 9.59 Å². The van der Waals surface area contributed by atoms with Crippen molar-refractivity contribution in [2.24, 2.45) is 5.92 Å². The molecule has 1 aromatic carbocycles. The highest BCUT2D eigenvalue weighted by atomic mass is 35.5. The molecule has 0 spiro atoms. The monoisotopic (exact) mass is 565 g/mol. The van der Waals surface area contributed by atoms with Crippen LogP contribution in [0.1, 0.15) is 18.4 Å². The molecule has 1 fully saturated rings. The fraction of sp³-hybridized carbons (Fsp3) is 0.481. The molecule has 2 aliphatic heterocycles. The molecule has 0 saturated carbocycles. The second-order valence-electron chi connectivity index (χ2n) is 9.46. The van der Waals surface area contributed by atoms with Crippen LogP contribution < -0.4 is 10.2 Å². The molecule has 7 nitrogen and oxygen atoms in total. The van der Waals surface area contributed by atoms with Crippen molar-refractivity contribution in [1.29, 1.82) is 0 Å². The summed E-state index contributed by atoms with van der Waals surface area (Å²) < 4.78 is 10.8. The summed E-state index contributed by atoms with van der Waals surface area (Å²) in [6.45, 7) is 4.36. The van der Waals surface area contributed by atoms with Crippen LogP contribution in [0, 0.1) is 5.92 Å². The molecule has 0 aromatic heterocycles. The summed E-state index contributed by atoms with van der Waals surface area (Å²) in [7, 11) is 3.41. The zero-order valence-electron chi connectivity index (χ0n) is 21.2. The van der Waals surface area contributed by atoms with Crippen molar-refractivity contribution < 1.29 is 19.1 Å². The van der Waals surface area contributed by atoms with E-state index in [1.54, 1.807) is 0 Å². The number of hydrogen-bond acceptors (Lipinski definition) is 7. The SMILES string of the molecule is COC(=O)C1=Cc2cc(SCC(=O)NC[C@H]3CN(CC4C=C(Cl)C(Cl)=CC4)CCO3)ccc2N(C)CC1. The Bertz CT molecular complexity index is 1110. The molecule has 1 N–H and O–H groups in total. The van der Waals surface area contributed by atoms with Crippen molar-refractivity contribution in [1.82, 2.24) is 10.2 Å². The van der Waals surface area contributed by atoms with Crippen LogP contribution >= 0.6 is 35.0 Å². The topological polar surface area (TPSA) is 71.1 Å². The number of nitrogens with zero attached hydrogens (tertiary/aromatic N) is 2. The molecule has 1 aromatic rings. The minimum Gasteiger partial charge on any atom is -0.466 e. The molecule has 2 heterocycles. The third kappa shape index (κ3) is 7.77. The van der Waals surface area contributed by atoms with E-state index in [1.165, 1.54) is 18.9 Å². The zero-order valence-corrected chi connectivity index (χ0v) is 23.5. The van der Waals surface area contributed by atoms with Gasteiger partial charge in [0, 0.05) is 55.9 Å². The van der Waals surface area contributed by atoms with Crippen molar-refractivity contribution >= 4 is 58.6 Å². The maximum absolute atomic E-state index is 12.6. The van der Waals surface area contributed by atoms with Crippen LogP contribution in [0.4, 0.5) is 5.69 Å². The molecule has 4 rings (SSSR count). The fourth-order valence-electron chi connectivity index (χ4n) is 4.71. The van der Waals surface area contributed by atoms with Gasteiger partial charge in [0.25, 0.3) is 0 Å². The summed E-state index contributed by atoms with van der Waals surface area (Å²) in [4.78, 5) is 30.1. The van der Waals surface area contributed by atoms with Gasteiger partial charge in [-0.2, -0.15) is 0 Å². The Balaban J connectivity index is 1.25. The number of fused-ring (bicyclic) bond motifs is 1. The van der Waals surface area contributed by atoms with E-state index in [0.717, 1.165) is 48.7 Å². The van der Waals surface area contributed by atoms with E-state index in [4.69, 9.17) is 32.7 Å². The highest BCUT2D eigenvalue weighted by Gasteiger charge is 2.24. The lowest BCUT2D eigenvalue weighted by molar-refractivity contribution is -0.136. The lowest BCUT2D eigenvalue weighted by atomic mass is 9.99. The minimum absolute atomic E-state index is 0.0367. The molecule has 0 bridgehead atoms. The van der Waals surface area contributed by atoms with Gasteiger partial charge < -0.3 is 19.7 Å². The summed E-state index contributed by atoms with van der Waals surface area (Å²) in [5.41, 5.74) is 2.66. The Labute approximate surface area is 232 Å². The Kier molecular flexibility index (Phi) is 10.0. The molecular weight excluding hydrogens is 533 g/mol. The number of amides is 1. The summed E-state index contributed by atoms with van der Waals surface area (Å²) in [6, 6.07) is 6.07. The average molecular weight is 567 g/mol. The average Bonchev–Trinajstić information content (AvgIpc) is 3.06. The van der Waals surface area contributed by atoms with Crippen LogP contribution in [-0.4, -0.2) is 82.1 Å². The van der Waals surface area contributed by atoms with Gasteiger partial charge in [0.05, 0.1) is 35.6 Å². The molecule has 1 unspecified atom stereocenters. The van der Waals surface area contributed by atoms with Crippen molar-refractivity contribution in [2.75, 3.05) is 64.1 Å². The first-order chi connectivity index (χ1) is 17.8. The predicted octanol–water partition coefficient (Wildman–Crippen LogP) is 4.26. The van der Waals surface area contributed by atoms with Gasteiger partial charge in [-0.3, -0.25) is 9.69 Å². The van der Waals surface area contributed by atoms with E-state index >= 15 is 0 Å². The van der Waals surface area contributed by atoms with Crippen molar-refractivity contribution in [2.45, 2.75) is 23.8 Å². The van der Waals surface area contributed by atoms with E-state index in [1.807, 2.05) is 43.5 Å². The van der Waals surface area contributed by atoms with Gasteiger partial charge in [-0.05, 0) is 48.6 Å². The van der Waals surface area contributed by atoms with Gasteiger partial charge in [0.1, 0.15) is 0 Å². The molecule has 37 heavy (non-hydrogen) atoms. The van der Waals surface area contributed by atoms with Gasteiger partial charge in [0.2, 0.25) is 5.91 Å². The first kappa shape index (κ1) is 28.0. The van der Waals surface area contributed by atoms with Crippen LogP contribution in [-0.2, 0) is 19.1 Å². The Morgan fingerprint density at radius 1 is 1.24 bits per heavy atom. The Hall–Kier alpha value is -1.97. The second-order valence-corrected chi connectivity index (χ2v) is 11.3. The van der Waals surface area contributed by atoms with Crippen LogP contribution in [0.25, 0.3) is 6.08 Å². The van der Waals surface area contributed by atoms with Crippen molar-refractivity contribution in [3.63, 3.8) is 0 Å². The van der Waals surface area contributed by atoms with Crippen molar-refractivity contribution in [3.8, 4) is 0 Å². The maximum atomic E-state index is 12.6. The smallest absolute Gasteiger partial charge is 0.333 e. The lowest BCUT2D eigenvalue weighted by Gasteiger charge is -2.35. The van der Waals surface area contributed by atoms with E-state index in [0.29, 0.717) is 46.9 Å². The number of morpholine rings is 1. The highest BCUT2D eigenvalue weighted by Crippen LogP contribution is 2.32. The lowest BCUT2D eigenvalue weighted by Crippen LogP contribution is -2.48. The summed E-state index contributed by atoms with van der Waals surface area (Å²) >= 11 is 13.7. The number of benzene rings is 1. The first-order valence-electron chi connectivity index (χ1n) is 12.4. The van der Waals surface area contributed by atoms with Crippen molar-refractivity contribution in [3.05, 3.63) is 51.6 Å². The number of rotatable bonds is 8. The number of anilines is 1. The van der Waals surface area contributed by atoms with E-state index in [-0.39, 0.29) is 18.0 Å². The van der Waals surface area contributed by atoms with Crippen LogP contribution in [0.5, 0.6) is 0 Å². The van der Waals surface area contributed by atoms with E-state index < -0.39 is 0 Å². The molecule has 2 atom stereocenters. The third-order valence-electron chi connectivity index (χ3n) is 6.73. The highest BCUT2D eigenvalue weighted by molar-refractivity contribution is 8.00. The number of nitrogens with one attached hydrogen (secondary N) is 1. The number of carbonyl (C=O) groups is 2. The predicted molar refractivity (Wildman–Crippen MR) is 150 cm³/mol. The first-order valence-corrected chi connectivity index (χ1v) is 14.2. The fourth-order valence-corrected chi connectivity index (χ4v) is 5.89. The molecule has 1 saturated heterocycles. The van der Waals surface area contributed by atoms with Crippen LogP contribution in [0.2, 0.25) is 0 Å². The normalized spacial score (nSPS) is 22.3. The number of hydrogen-bond donors (Lipinski definition) is 1. The maximum Gasteiger partial charge on any atom is 0.333 e. The molecule has 0 radical (unpaired) electrons. The van der Waals surface area contributed by atoms with Gasteiger partial charge in [-0.1, -0.05) is 35.4 Å². The summed E-state index contributed by atoms with van der Waals surface area (Å²) in [5.74, 6) is 0.295. The molecule has 10 heteroatoms. The number of ether oxygens (including phenoxy) is 2. The second kappa shape index (κ2) is 13.2. The van der Waals surface area contributed by atoms with Crippen LogP contribution in [0.3, 0.4) is 0 Å². The largest absolute Gasteiger partial charge is 0.466 e. The van der Waals surface area contributed by atoms with Gasteiger partial charge in [-0.15, -0.1) is 11.8 Å². The summed E-state index contributed by atoms with van der Waals surface area (Å²) in [6.07, 6.45) is 7.35. The standard InChI is InChI=1S/C27H33Cl2N3O4S/c1-31-8-7-19(27(34)35-2)12-20-13-22(4-6-25(20)31)37-17-26(33)30-14-21-16-32(9-10-36-21)15-18-3-5-23(28)24(29)11-18/h4-6,11-13,18,21H,3,7-10,14-17H2,1-2H3,(H,30,33)/t18?,21-/m0/s1. The molecule has 3 aliphatic rings. The molecule has 200 valence electrons. The van der Waals surface area contributed by atoms with Crippen LogP contribution in [0.15, 0.2) is 50.9 Å². The Morgan fingerprint density at radius 3 is 2.86 bits per heavy atom. The quantitative estimate of drug-likeness (QED) is 0.373. The number of thioether (sulfide) groups is 1. The number of halogens is 2. The van der Waals surface area contributed by atoms with E-state index in [2.05, 4.69) is 15.1 Å². The molecular formula is C27H33Cl2N3O4S. The minimum atomic E-state index is -0.303. The number of allylic oxidation sites excluding steroid dienone is 3. The Morgan fingerprint density at radius 2 is 2.08 bits per heavy atom. The zero-order chi connectivity index (χ0) is 26.4. The van der Waals surface area contributed by atoms with Gasteiger partial charge in [0.15, 0.2) is 0 Å². The number of methoxy groups -OCH3 is 1. The number of carbonyl (C=O) groups excluding carboxylic acids is 2.